The number of benzene rings is 1. The minimum absolute atomic E-state index is 0.00457. The first-order valence-electron chi connectivity index (χ1n) is 18.5. The lowest BCUT2D eigenvalue weighted by Crippen LogP contribution is -2.39. The van der Waals surface area contributed by atoms with Crippen LogP contribution >= 0.6 is 0 Å². The highest BCUT2D eigenvalue weighted by Gasteiger charge is 2.36. The summed E-state index contributed by atoms with van der Waals surface area (Å²) in [4.78, 5) is 0. The van der Waals surface area contributed by atoms with Crippen LogP contribution in [-0.2, 0) is 33.5 Å². The standard InChI is InChI=1S/C39H66O4/c1-7-37(21-13-10-14-22-37)41-30(4)27-33-19-20-36(40)35(29-32(6)43-39(9-3)25-17-12-18-26-39)34(33)28-31(5)42-38(8-2)23-15-11-16-24-38/h19-20,30-32,40H,7-18,21-29H2,1-6H3. The predicted octanol–water partition coefficient (Wildman–Crippen LogP) is 10.6. The summed E-state index contributed by atoms with van der Waals surface area (Å²) in [6, 6.07) is 4.09. The van der Waals surface area contributed by atoms with E-state index in [1.807, 2.05) is 6.07 Å². The zero-order chi connectivity index (χ0) is 30.9. The Hall–Kier alpha value is -1.10. The Morgan fingerprint density at radius 2 is 0.884 bits per heavy atom. The van der Waals surface area contributed by atoms with Crippen LogP contribution in [0.5, 0.6) is 5.75 Å². The van der Waals surface area contributed by atoms with E-state index in [0.717, 1.165) is 56.9 Å². The molecule has 43 heavy (non-hydrogen) atoms. The summed E-state index contributed by atoms with van der Waals surface area (Å²) in [6.45, 7) is 13.6. The van der Waals surface area contributed by atoms with E-state index in [9.17, 15) is 5.11 Å². The highest BCUT2D eigenvalue weighted by atomic mass is 16.5. The average Bonchev–Trinajstić information content (AvgIpc) is 3.01. The largest absolute Gasteiger partial charge is 0.508 e. The average molecular weight is 599 g/mol. The molecule has 3 unspecified atom stereocenters. The van der Waals surface area contributed by atoms with Crippen molar-refractivity contribution in [3.8, 4) is 5.75 Å². The van der Waals surface area contributed by atoms with Crippen LogP contribution < -0.4 is 0 Å². The van der Waals surface area contributed by atoms with E-state index in [-0.39, 0.29) is 35.1 Å². The van der Waals surface area contributed by atoms with Crippen LogP contribution in [0.15, 0.2) is 12.1 Å². The summed E-state index contributed by atoms with van der Waals surface area (Å²) < 4.78 is 20.7. The van der Waals surface area contributed by atoms with Crippen molar-refractivity contribution < 1.29 is 19.3 Å². The molecular weight excluding hydrogens is 532 g/mol. The van der Waals surface area contributed by atoms with E-state index in [1.165, 1.54) is 94.6 Å². The maximum atomic E-state index is 11.4. The molecule has 0 radical (unpaired) electrons. The third-order valence-electron chi connectivity index (χ3n) is 11.6. The predicted molar refractivity (Wildman–Crippen MR) is 179 cm³/mol. The van der Waals surface area contributed by atoms with Gasteiger partial charge in [0.2, 0.25) is 0 Å². The zero-order valence-electron chi connectivity index (χ0n) is 28.9. The second-order valence-electron chi connectivity index (χ2n) is 14.9. The second kappa shape index (κ2) is 15.9. The minimum Gasteiger partial charge on any atom is -0.508 e. The van der Waals surface area contributed by atoms with Gasteiger partial charge in [-0.25, -0.2) is 0 Å². The summed E-state index contributed by atoms with van der Waals surface area (Å²) in [7, 11) is 0. The van der Waals surface area contributed by atoms with Crippen LogP contribution in [0.3, 0.4) is 0 Å². The molecule has 1 aromatic carbocycles. The Labute approximate surface area is 265 Å². The van der Waals surface area contributed by atoms with Crippen molar-refractivity contribution >= 4 is 0 Å². The van der Waals surface area contributed by atoms with E-state index in [4.69, 9.17) is 14.2 Å². The van der Waals surface area contributed by atoms with Crippen molar-refractivity contribution in [2.45, 2.75) is 211 Å². The molecule has 1 aromatic rings. The molecule has 0 spiro atoms. The van der Waals surface area contributed by atoms with Gasteiger partial charge in [-0.15, -0.1) is 0 Å². The number of rotatable bonds is 15. The topological polar surface area (TPSA) is 47.9 Å². The number of phenolic OH excluding ortho intramolecular Hbond substituents is 1. The molecule has 4 heteroatoms. The van der Waals surface area contributed by atoms with E-state index < -0.39 is 0 Å². The molecule has 4 rings (SSSR count). The summed E-state index contributed by atoms with van der Waals surface area (Å²) >= 11 is 0. The summed E-state index contributed by atoms with van der Waals surface area (Å²) in [6.07, 6.45) is 24.5. The Morgan fingerprint density at radius 3 is 1.26 bits per heavy atom. The van der Waals surface area contributed by atoms with Crippen molar-refractivity contribution in [2.75, 3.05) is 0 Å². The molecule has 3 aliphatic rings. The molecular formula is C39H66O4. The number of aromatic hydroxyl groups is 1. The van der Waals surface area contributed by atoms with Crippen LogP contribution in [0.1, 0.15) is 174 Å². The smallest absolute Gasteiger partial charge is 0.119 e. The first kappa shape index (κ1) is 34.8. The van der Waals surface area contributed by atoms with Crippen molar-refractivity contribution in [3.63, 3.8) is 0 Å². The fourth-order valence-corrected chi connectivity index (χ4v) is 8.94. The van der Waals surface area contributed by atoms with Gasteiger partial charge in [-0.2, -0.15) is 0 Å². The van der Waals surface area contributed by atoms with Crippen LogP contribution in [0.2, 0.25) is 0 Å². The van der Waals surface area contributed by atoms with Crippen molar-refractivity contribution in [2.24, 2.45) is 0 Å². The molecule has 0 saturated heterocycles. The van der Waals surface area contributed by atoms with Gasteiger partial charge >= 0.3 is 0 Å². The van der Waals surface area contributed by atoms with Gasteiger partial charge in [-0.1, -0.05) is 84.6 Å². The molecule has 1 N–H and O–H groups in total. The van der Waals surface area contributed by atoms with Crippen molar-refractivity contribution in [3.05, 3.63) is 28.8 Å². The van der Waals surface area contributed by atoms with E-state index >= 15 is 0 Å². The monoisotopic (exact) mass is 598 g/mol. The van der Waals surface area contributed by atoms with Gasteiger partial charge in [0.05, 0.1) is 35.1 Å². The lowest BCUT2D eigenvalue weighted by molar-refractivity contribution is -0.112. The lowest BCUT2D eigenvalue weighted by atomic mass is 9.82. The van der Waals surface area contributed by atoms with Gasteiger partial charge in [0, 0.05) is 6.42 Å². The highest BCUT2D eigenvalue weighted by molar-refractivity contribution is 5.45. The maximum Gasteiger partial charge on any atom is 0.119 e. The van der Waals surface area contributed by atoms with Gasteiger partial charge in [0.25, 0.3) is 0 Å². The molecule has 4 nitrogen and oxygen atoms in total. The zero-order valence-corrected chi connectivity index (χ0v) is 28.9. The quantitative estimate of drug-likeness (QED) is 0.218. The molecule has 246 valence electrons. The number of phenols is 1. The third kappa shape index (κ3) is 9.23. The van der Waals surface area contributed by atoms with E-state index in [1.54, 1.807) is 0 Å². The first-order valence-corrected chi connectivity index (χ1v) is 18.5. The number of hydrogen-bond donors (Lipinski definition) is 1. The molecule has 0 aromatic heterocycles. The van der Waals surface area contributed by atoms with Crippen molar-refractivity contribution in [1.82, 2.24) is 0 Å². The van der Waals surface area contributed by atoms with Gasteiger partial charge in [-0.3, -0.25) is 0 Å². The van der Waals surface area contributed by atoms with Crippen LogP contribution in [0, 0.1) is 0 Å². The van der Waals surface area contributed by atoms with Gasteiger partial charge in [0.15, 0.2) is 0 Å². The summed E-state index contributed by atoms with van der Waals surface area (Å²) in [5.74, 6) is 0.407. The lowest BCUT2D eigenvalue weighted by Gasteiger charge is -2.40. The highest BCUT2D eigenvalue weighted by Crippen LogP contribution is 2.40. The number of hydrogen-bond acceptors (Lipinski definition) is 4. The molecule has 3 saturated carbocycles. The normalized spacial score (nSPS) is 23.9. The van der Waals surface area contributed by atoms with E-state index in [2.05, 4.69) is 47.6 Å². The molecule has 0 amide bonds. The van der Waals surface area contributed by atoms with Crippen molar-refractivity contribution in [1.29, 1.82) is 0 Å². The molecule has 0 heterocycles. The fourth-order valence-electron chi connectivity index (χ4n) is 8.94. The first-order chi connectivity index (χ1) is 20.7. The third-order valence-corrected chi connectivity index (χ3v) is 11.6. The van der Waals surface area contributed by atoms with Crippen LogP contribution in [-0.4, -0.2) is 40.2 Å². The molecule has 3 atom stereocenters. The van der Waals surface area contributed by atoms with Gasteiger partial charge in [-0.05, 0) is 114 Å². The summed E-state index contributed by atoms with van der Waals surface area (Å²) in [5.41, 5.74) is 3.66. The Morgan fingerprint density at radius 1 is 0.535 bits per heavy atom. The Balaban J connectivity index is 1.58. The van der Waals surface area contributed by atoms with Gasteiger partial charge in [0.1, 0.15) is 5.75 Å². The maximum absolute atomic E-state index is 11.4. The SMILES string of the molecule is CCC1(OC(C)Cc2ccc(O)c(CC(C)OC3(CC)CCCCC3)c2CC(C)OC2(CC)CCCCC2)CCCCC1. The van der Waals surface area contributed by atoms with E-state index in [0.29, 0.717) is 5.75 Å². The van der Waals surface area contributed by atoms with Gasteiger partial charge < -0.3 is 19.3 Å². The summed E-state index contributed by atoms with van der Waals surface area (Å²) in [5, 5.41) is 11.4. The molecule has 3 fully saturated rings. The Kier molecular flexibility index (Phi) is 12.9. The van der Waals surface area contributed by atoms with Crippen LogP contribution in [0.4, 0.5) is 0 Å². The number of ether oxygens (including phenoxy) is 3. The molecule has 3 aliphatic carbocycles. The minimum atomic E-state index is -0.00717. The molecule has 0 aliphatic heterocycles. The van der Waals surface area contributed by atoms with Crippen LogP contribution in [0.25, 0.3) is 0 Å². The molecule has 0 bridgehead atoms. The Bertz CT molecular complexity index is 968. The fraction of sp³-hybridized carbons (Fsp3) is 0.846. The second-order valence-corrected chi connectivity index (χ2v) is 14.9.